The SMILES string of the molecule is CCNc1ccc([N+](=O)[O-])c(S(=O)(=O)N2CCCCC2)c1. The Bertz CT molecular complexity index is 624. The molecule has 0 spiro atoms. The monoisotopic (exact) mass is 313 g/mol. The van der Waals surface area contributed by atoms with Gasteiger partial charge in [-0.05, 0) is 31.9 Å². The van der Waals surface area contributed by atoms with Gasteiger partial charge in [-0.25, -0.2) is 8.42 Å². The van der Waals surface area contributed by atoms with Gasteiger partial charge in [-0.15, -0.1) is 0 Å². The minimum absolute atomic E-state index is 0.229. The van der Waals surface area contributed by atoms with Crippen LogP contribution in [0, 0.1) is 10.1 Å². The highest BCUT2D eigenvalue weighted by molar-refractivity contribution is 7.89. The average molecular weight is 313 g/mol. The van der Waals surface area contributed by atoms with Crippen molar-refractivity contribution < 1.29 is 13.3 Å². The lowest BCUT2D eigenvalue weighted by Gasteiger charge is -2.25. The van der Waals surface area contributed by atoms with Crippen LogP contribution in [0.4, 0.5) is 11.4 Å². The summed E-state index contributed by atoms with van der Waals surface area (Å²) in [6.07, 6.45) is 2.57. The molecule has 1 heterocycles. The van der Waals surface area contributed by atoms with Crippen molar-refractivity contribution >= 4 is 21.4 Å². The molecule has 21 heavy (non-hydrogen) atoms. The maximum Gasteiger partial charge on any atom is 0.289 e. The lowest BCUT2D eigenvalue weighted by atomic mass is 10.2. The van der Waals surface area contributed by atoms with E-state index in [0.717, 1.165) is 19.3 Å². The van der Waals surface area contributed by atoms with Crippen LogP contribution in [-0.2, 0) is 10.0 Å². The highest BCUT2D eigenvalue weighted by atomic mass is 32.2. The molecule has 0 aromatic heterocycles. The summed E-state index contributed by atoms with van der Waals surface area (Å²) in [5.74, 6) is 0. The minimum atomic E-state index is -3.83. The molecule has 0 atom stereocenters. The van der Waals surface area contributed by atoms with E-state index < -0.39 is 14.9 Å². The second kappa shape index (κ2) is 6.40. The van der Waals surface area contributed by atoms with Gasteiger partial charge in [-0.3, -0.25) is 10.1 Å². The molecule has 0 bridgehead atoms. The summed E-state index contributed by atoms with van der Waals surface area (Å²) in [7, 11) is -3.83. The number of nitro benzene ring substituents is 1. The fourth-order valence-electron chi connectivity index (χ4n) is 2.43. The first-order valence-corrected chi connectivity index (χ1v) is 8.43. The molecule has 1 aliphatic rings. The Kier molecular flexibility index (Phi) is 4.79. The normalized spacial score (nSPS) is 16.6. The molecule has 0 aliphatic carbocycles. The van der Waals surface area contributed by atoms with Crippen molar-refractivity contribution in [1.29, 1.82) is 0 Å². The average Bonchev–Trinajstić information content (AvgIpc) is 2.48. The second-order valence-corrected chi connectivity index (χ2v) is 6.84. The van der Waals surface area contributed by atoms with Gasteiger partial charge in [-0.2, -0.15) is 4.31 Å². The molecule has 0 unspecified atom stereocenters. The maximum absolute atomic E-state index is 12.7. The van der Waals surface area contributed by atoms with Crippen molar-refractivity contribution in [2.24, 2.45) is 0 Å². The smallest absolute Gasteiger partial charge is 0.289 e. The molecular weight excluding hydrogens is 294 g/mol. The lowest BCUT2D eigenvalue weighted by Crippen LogP contribution is -2.35. The van der Waals surface area contributed by atoms with Gasteiger partial charge in [0.05, 0.1) is 4.92 Å². The van der Waals surface area contributed by atoms with Crippen molar-refractivity contribution in [2.75, 3.05) is 25.0 Å². The molecule has 1 N–H and O–H groups in total. The largest absolute Gasteiger partial charge is 0.385 e. The Morgan fingerprint density at radius 2 is 1.95 bits per heavy atom. The first-order chi connectivity index (χ1) is 9.96. The molecule has 1 saturated heterocycles. The van der Waals surface area contributed by atoms with Crippen LogP contribution in [0.3, 0.4) is 0 Å². The molecule has 1 aliphatic heterocycles. The summed E-state index contributed by atoms with van der Waals surface area (Å²) in [6.45, 7) is 3.33. The summed E-state index contributed by atoms with van der Waals surface area (Å²) in [6, 6.07) is 4.12. The molecule has 0 saturated carbocycles. The Morgan fingerprint density at radius 1 is 1.29 bits per heavy atom. The molecular formula is C13H19N3O4S. The predicted molar refractivity (Wildman–Crippen MR) is 79.9 cm³/mol. The fraction of sp³-hybridized carbons (Fsp3) is 0.538. The van der Waals surface area contributed by atoms with Gasteiger partial charge >= 0.3 is 0 Å². The molecule has 0 radical (unpaired) electrons. The van der Waals surface area contributed by atoms with Crippen LogP contribution in [0.15, 0.2) is 23.1 Å². The van der Waals surface area contributed by atoms with E-state index >= 15 is 0 Å². The van der Waals surface area contributed by atoms with Gasteiger partial charge in [0, 0.05) is 31.4 Å². The Hall–Kier alpha value is -1.67. The zero-order chi connectivity index (χ0) is 15.5. The zero-order valence-electron chi connectivity index (χ0n) is 11.9. The van der Waals surface area contributed by atoms with E-state index in [2.05, 4.69) is 5.32 Å². The van der Waals surface area contributed by atoms with Crippen LogP contribution >= 0.6 is 0 Å². The number of anilines is 1. The van der Waals surface area contributed by atoms with Crippen molar-refractivity contribution in [2.45, 2.75) is 31.1 Å². The van der Waals surface area contributed by atoms with E-state index in [1.54, 1.807) is 0 Å². The van der Waals surface area contributed by atoms with E-state index in [4.69, 9.17) is 0 Å². The third-order valence-corrected chi connectivity index (χ3v) is 5.40. The van der Waals surface area contributed by atoms with Crippen molar-refractivity contribution in [1.82, 2.24) is 4.31 Å². The minimum Gasteiger partial charge on any atom is -0.385 e. The van der Waals surface area contributed by atoms with Crippen LogP contribution in [0.1, 0.15) is 26.2 Å². The van der Waals surface area contributed by atoms with Gasteiger partial charge in [-0.1, -0.05) is 6.42 Å². The molecule has 1 fully saturated rings. The molecule has 116 valence electrons. The Morgan fingerprint density at radius 3 is 2.52 bits per heavy atom. The van der Waals surface area contributed by atoms with E-state index in [9.17, 15) is 18.5 Å². The second-order valence-electron chi connectivity index (χ2n) is 4.93. The molecule has 7 nitrogen and oxygen atoms in total. The summed E-state index contributed by atoms with van der Waals surface area (Å²) in [5.41, 5.74) is 0.195. The standard InChI is InChI=1S/C13H19N3O4S/c1-2-14-11-6-7-12(16(17)18)13(10-11)21(19,20)15-8-4-3-5-9-15/h6-7,10,14H,2-5,8-9H2,1H3. The third kappa shape index (κ3) is 3.33. The number of hydrogen-bond donors (Lipinski definition) is 1. The molecule has 2 rings (SSSR count). The van der Waals surface area contributed by atoms with E-state index in [1.807, 2.05) is 6.92 Å². The van der Waals surface area contributed by atoms with Crippen molar-refractivity contribution in [3.63, 3.8) is 0 Å². The number of nitrogens with zero attached hydrogens (tertiary/aromatic N) is 2. The van der Waals surface area contributed by atoms with Gasteiger partial charge < -0.3 is 5.32 Å². The first kappa shape index (κ1) is 15.7. The van der Waals surface area contributed by atoms with Gasteiger partial charge in [0.2, 0.25) is 10.0 Å². The van der Waals surface area contributed by atoms with Crippen LogP contribution in [0.25, 0.3) is 0 Å². The summed E-state index contributed by atoms with van der Waals surface area (Å²) < 4.78 is 26.7. The molecule has 8 heteroatoms. The Balaban J connectivity index is 2.48. The van der Waals surface area contributed by atoms with E-state index in [-0.39, 0.29) is 10.6 Å². The number of nitro groups is 1. The van der Waals surface area contributed by atoms with Crippen LogP contribution in [0.5, 0.6) is 0 Å². The molecule has 1 aromatic rings. The van der Waals surface area contributed by atoms with Crippen LogP contribution < -0.4 is 5.32 Å². The Labute approximate surface area is 124 Å². The summed E-state index contributed by atoms with van der Waals surface area (Å²) in [4.78, 5) is 10.2. The highest BCUT2D eigenvalue weighted by Crippen LogP contribution is 2.30. The number of nitrogens with one attached hydrogen (secondary N) is 1. The van der Waals surface area contributed by atoms with Crippen LogP contribution in [-0.4, -0.2) is 37.3 Å². The summed E-state index contributed by atoms with van der Waals surface area (Å²) >= 11 is 0. The predicted octanol–water partition coefficient (Wildman–Crippen LogP) is 2.20. The number of benzene rings is 1. The van der Waals surface area contributed by atoms with Crippen LogP contribution in [0.2, 0.25) is 0 Å². The topological polar surface area (TPSA) is 92.5 Å². The van der Waals surface area contributed by atoms with E-state index in [0.29, 0.717) is 25.3 Å². The zero-order valence-corrected chi connectivity index (χ0v) is 12.7. The van der Waals surface area contributed by atoms with Gasteiger partial charge in [0.25, 0.3) is 5.69 Å². The number of hydrogen-bond acceptors (Lipinski definition) is 5. The number of sulfonamides is 1. The third-order valence-electron chi connectivity index (χ3n) is 3.47. The van der Waals surface area contributed by atoms with Crippen molar-refractivity contribution in [3.8, 4) is 0 Å². The molecule has 0 amide bonds. The number of rotatable bonds is 5. The van der Waals surface area contributed by atoms with Gasteiger partial charge in [0.15, 0.2) is 4.90 Å². The highest BCUT2D eigenvalue weighted by Gasteiger charge is 2.32. The van der Waals surface area contributed by atoms with E-state index in [1.165, 1.54) is 22.5 Å². The first-order valence-electron chi connectivity index (χ1n) is 6.99. The number of piperidine rings is 1. The lowest BCUT2D eigenvalue weighted by molar-refractivity contribution is -0.387. The fourth-order valence-corrected chi connectivity index (χ4v) is 4.13. The van der Waals surface area contributed by atoms with Gasteiger partial charge in [0.1, 0.15) is 0 Å². The quantitative estimate of drug-likeness (QED) is 0.664. The molecule has 1 aromatic carbocycles. The summed E-state index contributed by atoms with van der Waals surface area (Å²) in [5, 5.41) is 14.1. The maximum atomic E-state index is 12.7. The van der Waals surface area contributed by atoms with Crippen molar-refractivity contribution in [3.05, 3.63) is 28.3 Å².